The summed E-state index contributed by atoms with van der Waals surface area (Å²) in [7, 11) is 0. The van der Waals surface area contributed by atoms with Gasteiger partial charge in [0.15, 0.2) is 11.0 Å². The first kappa shape index (κ1) is 13.7. The molecule has 4 rings (SSSR count). The summed E-state index contributed by atoms with van der Waals surface area (Å²) >= 11 is 0. The highest BCUT2D eigenvalue weighted by Gasteiger charge is 2.23. The minimum atomic E-state index is -0.355. The van der Waals surface area contributed by atoms with Crippen LogP contribution in [0.5, 0.6) is 0 Å². The molecule has 0 aliphatic rings. The van der Waals surface area contributed by atoms with Gasteiger partial charge in [-0.1, -0.05) is 12.1 Å². The van der Waals surface area contributed by atoms with Gasteiger partial charge in [0.1, 0.15) is 5.52 Å². The topological polar surface area (TPSA) is 51.4 Å². The van der Waals surface area contributed by atoms with E-state index in [0.29, 0.717) is 6.04 Å². The predicted molar refractivity (Wildman–Crippen MR) is 89.6 cm³/mol. The fraction of sp³-hybridized carbons (Fsp3) is 0.167. The second-order valence-corrected chi connectivity index (χ2v) is 5.98. The molecule has 4 aromatic rings. The second-order valence-electron chi connectivity index (χ2n) is 5.98. The van der Waals surface area contributed by atoms with Crippen molar-refractivity contribution in [3.05, 3.63) is 64.7 Å². The minimum Gasteiger partial charge on any atom is -0.258 e. The molecule has 0 fully saturated rings. The van der Waals surface area contributed by atoms with Gasteiger partial charge >= 0.3 is 0 Å². The zero-order valence-electron chi connectivity index (χ0n) is 12.9. The van der Waals surface area contributed by atoms with Gasteiger partial charge in [0.05, 0.1) is 11.0 Å². The van der Waals surface area contributed by atoms with Gasteiger partial charge < -0.3 is 0 Å². The Morgan fingerprint density at radius 2 is 1.83 bits per heavy atom. The summed E-state index contributed by atoms with van der Waals surface area (Å²) in [4.78, 5) is 10.7. The lowest BCUT2D eigenvalue weighted by molar-refractivity contribution is -0.666. The Morgan fingerprint density at radius 3 is 2.57 bits per heavy atom. The molecule has 0 atom stereocenters. The molecule has 0 N–H and O–H groups in total. The molecule has 0 bridgehead atoms. The maximum absolute atomic E-state index is 11.0. The highest BCUT2D eigenvalue weighted by atomic mass is 16.6. The molecule has 2 aromatic carbocycles. The van der Waals surface area contributed by atoms with Crippen molar-refractivity contribution in [2.45, 2.75) is 19.9 Å². The Hall–Kier alpha value is -2.95. The van der Waals surface area contributed by atoms with Crippen LogP contribution < -0.4 is 4.57 Å². The number of nitrogens with zero attached hydrogens (tertiary/aromatic N) is 3. The number of nitro groups is 1. The van der Waals surface area contributed by atoms with E-state index >= 15 is 0 Å². The minimum absolute atomic E-state index is 0.116. The van der Waals surface area contributed by atoms with Crippen molar-refractivity contribution in [3.63, 3.8) is 0 Å². The summed E-state index contributed by atoms with van der Waals surface area (Å²) < 4.78 is 4.46. The van der Waals surface area contributed by atoms with Gasteiger partial charge in [0, 0.05) is 23.6 Å². The monoisotopic (exact) mass is 306 g/mol. The van der Waals surface area contributed by atoms with Gasteiger partial charge in [0.2, 0.25) is 0 Å². The van der Waals surface area contributed by atoms with Crippen molar-refractivity contribution < 1.29 is 9.49 Å². The van der Waals surface area contributed by atoms with E-state index < -0.39 is 0 Å². The summed E-state index contributed by atoms with van der Waals surface area (Å²) in [6.45, 7) is 4.32. The Labute approximate surface area is 132 Å². The zero-order chi connectivity index (χ0) is 16.1. The molecule has 5 nitrogen and oxygen atoms in total. The van der Waals surface area contributed by atoms with Crippen LogP contribution in [0.3, 0.4) is 0 Å². The van der Waals surface area contributed by atoms with Gasteiger partial charge in [0.25, 0.3) is 11.3 Å². The summed E-state index contributed by atoms with van der Waals surface area (Å²) in [6, 6.07) is 17.6. The van der Waals surface area contributed by atoms with Crippen LogP contribution in [-0.2, 0) is 0 Å². The first-order valence-electron chi connectivity index (χ1n) is 7.60. The van der Waals surface area contributed by atoms with Crippen LogP contribution in [0.15, 0.2) is 54.6 Å². The summed E-state index contributed by atoms with van der Waals surface area (Å²) in [5.74, 6) is 0. The average Bonchev–Trinajstić information content (AvgIpc) is 2.89. The number of non-ortho nitro benzene ring substituents is 1. The van der Waals surface area contributed by atoms with E-state index in [-0.39, 0.29) is 10.6 Å². The maximum atomic E-state index is 11.0. The van der Waals surface area contributed by atoms with Gasteiger partial charge in [-0.05, 0) is 38.1 Å². The molecule has 0 saturated heterocycles. The Kier molecular flexibility index (Phi) is 2.84. The number of benzene rings is 2. The smallest absolute Gasteiger partial charge is 0.258 e. The van der Waals surface area contributed by atoms with Crippen molar-refractivity contribution in [1.29, 1.82) is 0 Å². The van der Waals surface area contributed by atoms with E-state index in [2.05, 4.69) is 34.9 Å². The number of nitro benzene ring substituents is 1. The number of para-hydroxylation sites is 2. The van der Waals surface area contributed by atoms with Crippen LogP contribution >= 0.6 is 0 Å². The Balaban J connectivity index is 2.22. The van der Waals surface area contributed by atoms with Crippen LogP contribution in [0.2, 0.25) is 0 Å². The Bertz CT molecular complexity index is 1080. The highest BCUT2D eigenvalue weighted by Crippen LogP contribution is 2.26. The molecule has 23 heavy (non-hydrogen) atoms. The van der Waals surface area contributed by atoms with E-state index in [1.54, 1.807) is 12.1 Å². The molecule has 0 spiro atoms. The number of hydrogen-bond donors (Lipinski definition) is 0. The van der Waals surface area contributed by atoms with Crippen molar-refractivity contribution in [2.24, 2.45) is 0 Å². The SMILES string of the molecule is CC(C)[n+]1c2ccccc2n2c3ccc([N+](=O)[O-])cc3ccc21. The largest absolute Gasteiger partial charge is 0.287 e. The molecule has 0 amide bonds. The molecular weight excluding hydrogens is 290 g/mol. The quantitative estimate of drug-likeness (QED) is 0.319. The number of pyridine rings is 1. The number of aromatic nitrogens is 2. The lowest BCUT2D eigenvalue weighted by Gasteiger charge is -2.03. The van der Waals surface area contributed by atoms with Crippen molar-refractivity contribution in [3.8, 4) is 0 Å². The fourth-order valence-electron chi connectivity index (χ4n) is 3.32. The molecule has 0 aliphatic heterocycles. The standard InChI is InChI=1S/C18H16N3O2/c1-12(2)19-16-5-3-4-6-17(16)20-15-9-8-14(21(22)23)11-13(15)7-10-18(19)20/h3-12H,1-2H3/q+1. The maximum Gasteiger partial charge on any atom is 0.287 e. The van der Waals surface area contributed by atoms with E-state index in [1.807, 2.05) is 30.3 Å². The molecule has 0 radical (unpaired) electrons. The summed E-state index contributed by atoms with van der Waals surface area (Å²) in [5.41, 5.74) is 4.44. The highest BCUT2D eigenvalue weighted by molar-refractivity contribution is 5.89. The first-order valence-corrected chi connectivity index (χ1v) is 7.60. The molecule has 0 saturated carbocycles. The van der Waals surface area contributed by atoms with Crippen LogP contribution in [0, 0.1) is 10.1 Å². The molecule has 5 heteroatoms. The summed E-state index contributed by atoms with van der Waals surface area (Å²) in [5, 5.41) is 11.9. The van der Waals surface area contributed by atoms with E-state index in [4.69, 9.17) is 0 Å². The number of fused-ring (bicyclic) bond motifs is 5. The van der Waals surface area contributed by atoms with E-state index in [0.717, 1.165) is 27.6 Å². The third-order valence-corrected chi connectivity index (χ3v) is 4.25. The number of rotatable bonds is 2. The number of imidazole rings is 1. The lowest BCUT2D eigenvalue weighted by Crippen LogP contribution is -2.35. The lowest BCUT2D eigenvalue weighted by atomic mass is 10.2. The molecule has 0 unspecified atom stereocenters. The normalized spacial score (nSPS) is 11.8. The van der Waals surface area contributed by atoms with Crippen LogP contribution in [0.25, 0.3) is 27.6 Å². The van der Waals surface area contributed by atoms with Crippen LogP contribution in [0.1, 0.15) is 19.9 Å². The van der Waals surface area contributed by atoms with Crippen molar-refractivity contribution >= 4 is 33.3 Å². The predicted octanol–water partition coefficient (Wildman–Crippen LogP) is 4.02. The molecular formula is C18H16N3O2+. The van der Waals surface area contributed by atoms with Crippen molar-refractivity contribution in [2.75, 3.05) is 0 Å². The van der Waals surface area contributed by atoms with Crippen LogP contribution in [-0.4, -0.2) is 9.32 Å². The van der Waals surface area contributed by atoms with Gasteiger partial charge in [-0.15, -0.1) is 0 Å². The molecule has 2 heterocycles. The Morgan fingerprint density at radius 1 is 1.04 bits per heavy atom. The average molecular weight is 306 g/mol. The number of hydrogen-bond acceptors (Lipinski definition) is 2. The second kappa shape index (κ2) is 4.78. The van der Waals surface area contributed by atoms with E-state index in [9.17, 15) is 10.1 Å². The fourth-order valence-corrected chi connectivity index (χ4v) is 3.32. The van der Waals surface area contributed by atoms with Gasteiger partial charge in [-0.25, -0.2) is 4.57 Å². The van der Waals surface area contributed by atoms with Gasteiger partial charge in [-0.3, -0.25) is 10.1 Å². The third-order valence-electron chi connectivity index (χ3n) is 4.25. The van der Waals surface area contributed by atoms with Crippen molar-refractivity contribution in [1.82, 2.24) is 4.40 Å². The zero-order valence-corrected chi connectivity index (χ0v) is 12.9. The molecule has 2 aromatic heterocycles. The van der Waals surface area contributed by atoms with E-state index in [1.165, 1.54) is 0 Å². The summed E-state index contributed by atoms with van der Waals surface area (Å²) in [6.07, 6.45) is 0. The molecule has 0 aliphatic carbocycles. The van der Waals surface area contributed by atoms with Gasteiger partial charge in [-0.2, -0.15) is 4.40 Å². The third kappa shape index (κ3) is 1.90. The molecule has 114 valence electrons. The van der Waals surface area contributed by atoms with Crippen LogP contribution in [0.4, 0.5) is 5.69 Å². The first-order chi connectivity index (χ1) is 11.1.